The number of benzene rings is 3. The second kappa shape index (κ2) is 9.16. The summed E-state index contributed by atoms with van der Waals surface area (Å²) in [7, 11) is 0. The maximum atomic E-state index is 12.5. The predicted octanol–water partition coefficient (Wildman–Crippen LogP) is 5.49. The third-order valence-corrected chi connectivity index (χ3v) is 7.43. The van der Waals surface area contributed by atoms with E-state index >= 15 is 0 Å². The summed E-state index contributed by atoms with van der Waals surface area (Å²) >= 11 is 2.01. The maximum absolute atomic E-state index is 12.5. The smallest absolute Gasteiger partial charge is 0.269 e. The minimum atomic E-state index is -0.466. The summed E-state index contributed by atoms with van der Waals surface area (Å²) in [6, 6.07) is 23.1. The molecule has 3 aromatic carbocycles. The second-order valence-corrected chi connectivity index (χ2v) is 9.59. The van der Waals surface area contributed by atoms with Crippen LogP contribution < -0.4 is 4.57 Å². The van der Waals surface area contributed by atoms with Gasteiger partial charge in [-0.2, -0.15) is 16.3 Å². The number of thioether (sulfide) groups is 1. The van der Waals surface area contributed by atoms with Crippen LogP contribution in [0.3, 0.4) is 0 Å². The Morgan fingerprint density at radius 3 is 2.45 bits per heavy atom. The third kappa shape index (κ3) is 4.52. The molecular formula is C27H23N2O3S+. The van der Waals surface area contributed by atoms with E-state index in [4.69, 9.17) is 0 Å². The first-order valence-electron chi connectivity index (χ1n) is 11.0. The molecule has 0 amide bonds. The summed E-state index contributed by atoms with van der Waals surface area (Å²) in [5.74, 6) is 0.967. The van der Waals surface area contributed by atoms with Crippen molar-refractivity contribution in [2.24, 2.45) is 0 Å². The highest BCUT2D eigenvalue weighted by atomic mass is 32.2. The number of pyridine rings is 1. The van der Waals surface area contributed by atoms with Crippen LogP contribution in [0.2, 0.25) is 0 Å². The summed E-state index contributed by atoms with van der Waals surface area (Å²) in [6.45, 7) is 0.206. The lowest BCUT2D eigenvalue weighted by Crippen LogP contribution is -2.37. The van der Waals surface area contributed by atoms with Gasteiger partial charge in [0.1, 0.15) is 0 Å². The van der Waals surface area contributed by atoms with Crippen LogP contribution >= 0.6 is 11.8 Å². The molecule has 0 bridgehead atoms. The van der Waals surface area contributed by atoms with Crippen LogP contribution in [-0.2, 0) is 19.4 Å². The lowest BCUT2D eigenvalue weighted by Gasteiger charge is -2.11. The number of carbonyl (C=O) groups is 1. The molecular weight excluding hydrogens is 432 g/mol. The van der Waals surface area contributed by atoms with Gasteiger partial charge in [-0.15, -0.1) is 0 Å². The van der Waals surface area contributed by atoms with E-state index in [1.54, 1.807) is 0 Å². The summed E-state index contributed by atoms with van der Waals surface area (Å²) in [5.41, 5.74) is 4.62. The number of aromatic nitrogens is 1. The Hall–Kier alpha value is -3.51. The first-order chi connectivity index (χ1) is 16.1. The van der Waals surface area contributed by atoms with Gasteiger partial charge in [0.2, 0.25) is 12.3 Å². The number of aryl methyl sites for hydroxylation is 1. The van der Waals surface area contributed by atoms with Gasteiger partial charge in [-0.25, -0.2) is 0 Å². The van der Waals surface area contributed by atoms with Gasteiger partial charge >= 0.3 is 0 Å². The summed E-state index contributed by atoms with van der Waals surface area (Å²) in [4.78, 5) is 22.8. The highest BCUT2D eigenvalue weighted by Gasteiger charge is 2.24. The molecule has 0 fully saturated rings. The molecule has 33 heavy (non-hydrogen) atoms. The molecule has 0 aliphatic heterocycles. The van der Waals surface area contributed by atoms with E-state index in [1.807, 2.05) is 28.7 Å². The molecule has 1 heterocycles. The Labute approximate surface area is 196 Å². The van der Waals surface area contributed by atoms with Crippen LogP contribution in [0, 0.1) is 10.1 Å². The molecule has 0 saturated carbocycles. The number of Topliss-reactive ketones (excluding diaryl/α,β-unsaturated/α-hetero) is 1. The van der Waals surface area contributed by atoms with E-state index in [1.165, 1.54) is 51.7 Å². The average Bonchev–Trinajstić information content (AvgIpc) is 3.20. The molecule has 1 aliphatic rings. The quantitative estimate of drug-likeness (QED) is 0.152. The first kappa shape index (κ1) is 21.3. The van der Waals surface area contributed by atoms with E-state index in [0.29, 0.717) is 10.8 Å². The van der Waals surface area contributed by atoms with Gasteiger partial charge in [0.25, 0.3) is 5.69 Å². The fraction of sp³-hybridized carbons (Fsp3) is 0.185. The van der Waals surface area contributed by atoms with Gasteiger partial charge in [-0.05, 0) is 58.2 Å². The van der Waals surface area contributed by atoms with Crippen molar-refractivity contribution in [1.29, 1.82) is 0 Å². The minimum absolute atomic E-state index is 0.0143. The van der Waals surface area contributed by atoms with Crippen molar-refractivity contribution in [2.75, 3.05) is 5.75 Å². The zero-order valence-electron chi connectivity index (χ0n) is 18.0. The summed E-state index contributed by atoms with van der Waals surface area (Å²) < 4.78 is 1.84. The molecule has 0 unspecified atom stereocenters. The van der Waals surface area contributed by atoms with E-state index in [-0.39, 0.29) is 18.0 Å². The van der Waals surface area contributed by atoms with Crippen molar-refractivity contribution in [2.45, 2.75) is 24.6 Å². The fourth-order valence-corrected chi connectivity index (χ4v) is 5.76. The van der Waals surface area contributed by atoms with Gasteiger partial charge in [-0.1, -0.05) is 36.4 Å². The van der Waals surface area contributed by atoms with E-state index in [9.17, 15) is 14.9 Å². The van der Waals surface area contributed by atoms with Crippen LogP contribution in [-0.4, -0.2) is 16.5 Å². The number of hydrogen-bond donors (Lipinski definition) is 0. The molecule has 1 aliphatic carbocycles. The molecule has 6 heteroatoms. The number of nitrogens with zero attached hydrogens (tertiary/aromatic N) is 2. The summed E-state index contributed by atoms with van der Waals surface area (Å²) in [6.07, 6.45) is 5.93. The van der Waals surface area contributed by atoms with Crippen molar-refractivity contribution >= 4 is 34.0 Å². The largest absolute Gasteiger partial charge is 0.287 e. The Balaban J connectivity index is 1.15. The normalized spacial score (nSPS) is 14.5. The molecule has 5 rings (SSSR count). The van der Waals surface area contributed by atoms with E-state index in [2.05, 4.69) is 48.5 Å². The lowest BCUT2D eigenvalue weighted by molar-refractivity contribution is -0.683. The minimum Gasteiger partial charge on any atom is -0.287 e. The number of nitro benzene ring substituents is 1. The van der Waals surface area contributed by atoms with Crippen LogP contribution in [0.25, 0.3) is 10.8 Å². The van der Waals surface area contributed by atoms with Gasteiger partial charge < -0.3 is 0 Å². The number of hydrogen-bond acceptors (Lipinski definition) is 4. The molecule has 0 saturated heterocycles. The van der Waals surface area contributed by atoms with Crippen molar-refractivity contribution in [3.8, 4) is 0 Å². The molecule has 4 aromatic rings. The zero-order valence-corrected chi connectivity index (χ0v) is 18.8. The van der Waals surface area contributed by atoms with Crippen LogP contribution in [0.1, 0.15) is 32.3 Å². The summed E-state index contributed by atoms with van der Waals surface area (Å²) in [5, 5.41) is 14.1. The van der Waals surface area contributed by atoms with Crippen molar-refractivity contribution in [3.05, 3.63) is 118 Å². The van der Waals surface area contributed by atoms with Gasteiger partial charge in [0.15, 0.2) is 12.4 Å². The number of non-ortho nitro benzene ring substituents is 1. The standard InChI is InChI=1S/C27H23N2O3S/c30-25(20-7-9-23(10-8-20)29(31)32)18-28-14-11-19(12-15-28)13-16-33-26-17-22-5-1-3-21-4-2-6-24(26)27(21)22/h1-12,14-15,26H,13,16-18H2/q+1/t26-/m0/s1. The number of ketones is 1. The molecule has 164 valence electrons. The first-order valence-corrected chi connectivity index (χ1v) is 12.0. The SMILES string of the molecule is O=C(C[n+]1ccc(CCS[C@H]2Cc3cccc4cccc2c34)cc1)c1ccc([N+](=O)[O-])cc1. The van der Waals surface area contributed by atoms with Crippen molar-refractivity contribution in [3.63, 3.8) is 0 Å². The van der Waals surface area contributed by atoms with Gasteiger partial charge in [-0.3, -0.25) is 14.9 Å². The maximum Gasteiger partial charge on any atom is 0.269 e. The topological polar surface area (TPSA) is 64.1 Å². The van der Waals surface area contributed by atoms with Crippen molar-refractivity contribution in [1.82, 2.24) is 0 Å². The van der Waals surface area contributed by atoms with E-state index in [0.717, 1.165) is 18.6 Å². The second-order valence-electron chi connectivity index (χ2n) is 8.28. The van der Waals surface area contributed by atoms with Crippen LogP contribution in [0.15, 0.2) is 85.2 Å². The van der Waals surface area contributed by atoms with Crippen LogP contribution in [0.4, 0.5) is 5.69 Å². The fourth-order valence-electron chi connectivity index (χ4n) is 4.45. The Morgan fingerprint density at radius 1 is 1.00 bits per heavy atom. The third-order valence-electron chi connectivity index (χ3n) is 6.17. The average molecular weight is 456 g/mol. The van der Waals surface area contributed by atoms with Crippen molar-refractivity contribution < 1.29 is 14.3 Å². The molecule has 1 aromatic heterocycles. The Morgan fingerprint density at radius 2 is 1.73 bits per heavy atom. The lowest BCUT2D eigenvalue weighted by atomic mass is 10.1. The molecule has 0 radical (unpaired) electrons. The van der Waals surface area contributed by atoms with Gasteiger partial charge in [0.05, 0.1) is 4.92 Å². The number of carbonyl (C=O) groups excluding carboxylic acids is 1. The number of nitro groups is 1. The Kier molecular flexibility index (Phi) is 5.92. The van der Waals surface area contributed by atoms with E-state index < -0.39 is 4.92 Å². The van der Waals surface area contributed by atoms with Crippen LogP contribution in [0.5, 0.6) is 0 Å². The van der Waals surface area contributed by atoms with Gasteiger partial charge in [0, 0.05) is 35.1 Å². The Bertz CT molecular complexity index is 1330. The zero-order chi connectivity index (χ0) is 22.8. The molecule has 0 spiro atoms. The molecule has 0 N–H and O–H groups in total. The molecule has 1 atom stereocenters. The monoisotopic (exact) mass is 455 g/mol. The predicted molar refractivity (Wildman–Crippen MR) is 131 cm³/mol. The highest BCUT2D eigenvalue weighted by Crippen LogP contribution is 2.44. The number of rotatable bonds is 8. The highest BCUT2D eigenvalue weighted by molar-refractivity contribution is 7.99. The molecule has 5 nitrogen and oxygen atoms in total.